The number of alkyl halides is 3. The average Bonchev–Trinajstić information content (AvgIpc) is 2.60. The van der Waals surface area contributed by atoms with Crippen molar-refractivity contribution in [3.63, 3.8) is 0 Å². The predicted octanol–water partition coefficient (Wildman–Crippen LogP) is 4.68. The molecule has 6 nitrogen and oxygen atoms in total. The highest BCUT2D eigenvalue weighted by Crippen LogP contribution is 2.54. The van der Waals surface area contributed by atoms with Crippen LogP contribution in [0.5, 0.6) is 0 Å². The summed E-state index contributed by atoms with van der Waals surface area (Å²) in [4.78, 5) is 8.06. The Labute approximate surface area is 149 Å². The number of hydrogen-bond donors (Lipinski definition) is 0. The first kappa shape index (κ1) is 20.4. The van der Waals surface area contributed by atoms with Crippen LogP contribution in [0.1, 0.15) is 25.0 Å². The zero-order valence-corrected chi connectivity index (χ0v) is 15.2. The van der Waals surface area contributed by atoms with Gasteiger partial charge in [-0.15, -0.1) is 0 Å². The SMILES string of the molecule is CCOP(=O)(OCC)N(Cc1ccc(C(F)(F)F)cc1)c1cnccn1. The first-order valence-electron chi connectivity index (χ1n) is 7.89. The van der Waals surface area contributed by atoms with E-state index in [9.17, 15) is 17.7 Å². The lowest BCUT2D eigenvalue weighted by Gasteiger charge is -2.30. The molecule has 0 aliphatic rings. The first-order valence-corrected chi connectivity index (χ1v) is 9.39. The molecular formula is C16H19F3N3O3P. The molecule has 10 heteroatoms. The van der Waals surface area contributed by atoms with E-state index < -0.39 is 19.5 Å². The zero-order valence-electron chi connectivity index (χ0n) is 14.3. The molecule has 0 amide bonds. The lowest BCUT2D eigenvalue weighted by molar-refractivity contribution is -0.137. The lowest BCUT2D eigenvalue weighted by atomic mass is 10.1. The number of hydrogen-bond acceptors (Lipinski definition) is 5. The predicted molar refractivity (Wildman–Crippen MR) is 90.5 cm³/mol. The van der Waals surface area contributed by atoms with E-state index in [-0.39, 0.29) is 25.6 Å². The normalized spacial score (nSPS) is 12.2. The van der Waals surface area contributed by atoms with Gasteiger partial charge in [-0.3, -0.25) is 18.7 Å². The Bertz CT molecular complexity index is 732. The van der Waals surface area contributed by atoms with Crippen molar-refractivity contribution in [2.24, 2.45) is 0 Å². The van der Waals surface area contributed by atoms with Crippen LogP contribution in [0.2, 0.25) is 0 Å². The summed E-state index contributed by atoms with van der Waals surface area (Å²) in [7, 11) is -3.75. The Balaban J connectivity index is 2.37. The van der Waals surface area contributed by atoms with Crippen LogP contribution in [0.3, 0.4) is 0 Å². The van der Waals surface area contributed by atoms with Gasteiger partial charge in [0.05, 0.1) is 31.5 Å². The number of rotatable bonds is 8. The number of halogens is 3. The number of aromatic nitrogens is 2. The Morgan fingerprint density at radius 1 is 1.08 bits per heavy atom. The molecule has 0 aliphatic heterocycles. The summed E-state index contributed by atoms with van der Waals surface area (Å²) in [6, 6.07) is 4.57. The monoisotopic (exact) mass is 389 g/mol. The number of benzene rings is 1. The van der Waals surface area contributed by atoms with Crippen molar-refractivity contribution in [1.82, 2.24) is 9.97 Å². The molecule has 0 bridgehead atoms. The number of anilines is 1. The average molecular weight is 389 g/mol. The molecule has 142 valence electrons. The first-order chi connectivity index (χ1) is 12.3. The maximum Gasteiger partial charge on any atom is 0.436 e. The van der Waals surface area contributed by atoms with Crippen molar-refractivity contribution < 1.29 is 26.8 Å². The molecule has 1 heterocycles. The fourth-order valence-electron chi connectivity index (χ4n) is 2.19. The molecule has 0 unspecified atom stereocenters. The van der Waals surface area contributed by atoms with Gasteiger partial charge in [0.15, 0.2) is 5.82 Å². The second kappa shape index (κ2) is 8.62. The molecule has 1 aromatic heterocycles. The zero-order chi connectivity index (χ0) is 19.2. The van der Waals surface area contributed by atoms with Gasteiger partial charge in [-0.05, 0) is 31.5 Å². The summed E-state index contributed by atoms with van der Waals surface area (Å²) in [6.07, 6.45) is -0.173. The van der Waals surface area contributed by atoms with Crippen LogP contribution in [0.4, 0.5) is 19.0 Å². The van der Waals surface area contributed by atoms with Crippen LogP contribution in [-0.2, 0) is 26.3 Å². The minimum Gasteiger partial charge on any atom is -0.292 e. The second-order valence-corrected chi connectivity index (χ2v) is 7.06. The van der Waals surface area contributed by atoms with Crippen molar-refractivity contribution in [1.29, 1.82) is 0 Å². The third-order valence-electron chi connectivity index (χ3n) is 3.31. The molecule has 0 N–H and O–H groups in total. The molecule has 0 atom stereocenters. The molecule has 0 spiro atoms. The summed E-state index contributed by atoms with van der Waals surface area (Å²) in [6.45, 7) is 3.56. The molecule has 1 aromatic carbocycles. The molecule has 0 radical (unpaired) electrons. The number of nitrogens with zero attached hydrogens (tertiary/aromatic N) is 3. The molecule has 0 fully saturated rings. The standard InChI is InChI=1S/C16H19F3N3O3P/c1-3-24-26(23,25-4-2)22(15-11-20-9-10-21-15)12-13-5-7-14(8-6-13)16(17,18)19/h5-11H,3-4,12H2,1-2H3. The summed E-state index contributed by atoms with van der Waals surface area (Å²) >= 11 is 0. The fourth-order valence-corrected chi connectivity index (χ4v) is 3.89. The van der Waals surface area contributed by atoms with Crippen LogP contribution in [0, 0.1) is 0 Å². The van der Waals surface area contributed by atoms with E-state index in [1.807, 2.05) is 0 Å². The van der Waals surface area contributed by atoms with Crippen LogP contribution >= 0.6 is 7.75 Å². The molecule has 2 rings (SSSR count). The van der Waals surface area contributed by atoms with Gasteiger partial charge in [0.2, 0.25) is 0 Å². The minimum absolute atomic E-state index is 0.0197. The largest absolute Gasteiger partial charge is 0.436 e. The minimum atomic E-state index is -4.42. The molecular weight excluding hydrogens is 370 g/mol. The van der Waals surface area contributed by atoms with Crippen molar-refractivity contribution >= 4 is 13.6 Å². The van der Waals surface area contributed by atoms with E-state index in [1.165, 1.54) is 35.4 Å². The van der Waals surface area contributed by atoms with Gasteiger partial charge in [-0.25, -0.2) is 9.55 Å². The van der Waals surface area contributed by atoms with Crippen LogP contribution in [0.25, 0.3) is 0 Å². The fraction of sp³-hybridized carbons (Fsp3) is 0.375. The highest BCUT2D eigenvalue weighted by molar-refractivity contribution is 7.55. The third-order valence-corrected chi connectivity index (χ3v) is 5.41. The molecule has 0 aliphatic carbocycles. The molecule has 26 heavy (non-hydrogen) atoms. The smallest absolute Gasteiger partial charge is 0.292 e. The Hall–Kier alpha value is -1.96. The van der Waals surface area contributed by atoms with E-state index in [4.69, 9.17) is 9.05 Å². The van der Waals surface area contributed by atoms with E-state index in [0.29, 0.717) is 5.56 Å². The lowest BCUT2D eigenvalue weighted by Crippen LogP contribution is -2.23. The van der Waals surface area contributed by atoms with Crippen molar-refractivity contribution in [2.45, 2.75) is 26.6 Å². The van der Waals surface area contributed by atoms with E-state index in [1.54, 1.807) is 13.8 Å². The van der Waals surface area contributed by atoms with Gasteiger partial charge in [-0.2, -0.15) is 13.2 Å². The second-order valence-electron chi connectivity index (χ2n) is 5.12. The Morgan fingerprint density at radius 2 is 1.69 bits per heavy atom. The maximum atomic E-state index is 13.2. The van der Waals surface area contributed by atoms with Crippen molar-refractivity contribution in [3.05, 3.63) is 54.0 Å². The van der Waals surface area contributed by atoms with Crippen LogP contribution < -0.4 is 4.67 Å². The van der Waals surface area contributed by atoms with Gasteiger partial charge in [0.25, 0.3) is 0 Å². The molecule has 2 aromatic rings. The topological polar surface area (TPSA) is 64.6 Å². The molecule has 0 saturated heterocycles. The maximum absolute atomic E-state index is 13.2. The quantitative estimate of drug-likeness (QED) is 0.611. The summed E-state index contributed by atoms with van der Waals surface area (Å²) < 4.78 is 63.3. The van der Waals surface area contributed by atoms with Gasteiger partial charge < -0.3 is 0 Å². The Morgan fingerprint density at radius 3 is 2.15 bits per heavy atom. The van der Waals surface area contributed by atoms with Crippen molar-refractivity contribution in [3.8, 4) is 0 Å². The summed E-state index contributed by atoms with van der Waals surface area (Å²) in [5, 5.41) is 0. The van der Waals surface area contributed by atoms with Gasteiger partial charge in [0, 0.05) is 12.4 Å². The third kappa shape index (κ3) is 5.03. The summed E-state index contributed by atoms with van der Waals surface area (Å²) in [5.74, 6) is 0.234. The van der Waals surface area contributed by atoms with Gasteiger partial charge >= 0.3 is 13.9 Å². The molecule has 0 saturated carbocycles. The van der Waals surface area contributed by atoms with E-state index in [2.05, 4.69) is 9.97 Å². The van der Waals surface area contributed by atoms with Crippen LogP contribution in [-0.4, -0.2) is 23.2 Å². The van der Waals surface area contributed by atoms with Gasteiger partial charge in [-0.1, -0.05) is 12.1 Å². The highest BCUT2D eigenvalue weighted by Gasteiger charge is 2.35. The summed E-state index contributed by atoms with van der Waals surface area (Å²) in [5.41, 5.74) is -0.270. The van der Waals surface area contributed by atoms with Crippen molar-refractivity contribution in [2.75, 3.05) is 17.9 Å². The highest BCUT2D eigenvalue weighted by atomic mass is 31.2. The Kier molecular flexibility index (Phi) is 6.75. The van der Waals surface area contributed by atoms with Crippen LogP contribution in [0.15, 0.2) is 42.9 Å². The van der Waals surface area contributed by atoms with E-state index >= 15 is 0 Å². The van der Waals surface area contributed by atoms with Gasteiger partial charge in [0.1, 0.15) is 0 Å². The van der Waals surface area contributed by atoms with E-state index in [0.717, 1.165) is 12.1 Å².